The van der Waals surface area contributed by atoms with E-state index in [1.54, 1.807) is 0 Å². The summed E-state index contributed by atoms with van der Waals surface area (Å²) in [5.41, 5.74) is -0.287. The number of rotatable bonds is 1. The Hall–Kier alpha value is -0.840. The Morgan fingerprint density at radius 1 is 1.38 bits per heavy atom. The second kappa shape index (κ2) is 3.58. The van der Waals surface area contributed by atoms with Gasteiger partial charge < -0.3 is 10.1 Å². The summed E-state index contributed by atoms with van der Waals surface area (Å²) in [4.78, 5) is 18.4. The Morgan fingerprint density at radius 3 is 2.75 bits per heavy atom. The first-order valence-electron chi connectivity index (χ1n) is 5.64. The first kappa shape index (κ1) is 10.3. The van der Waals surface area contributed by atoms with Crippen LogP contribution in [0.1, 0.15) is 37.4 Å². The summed E-state index contributed by atoms with van der Waals surface area (Å²) in [6.45, 7) is 0. The molecule has 3 rings (SSSR count). The molecule has 1 heterocycles. The van der Waals surface area contributed by atoms with Gasteiger partial charge in [0.15, 0.2) is 0 Å². The van der Waals surface area contributed by atoms with Gasteiger partial charge in [0, 0.05) is 5.92 Å². The van der Waals surface area contributed by atoms with Crippen LogP contribution in [0.3, 0.4) is 0 Å². The number of aromatic amines is 1. The van der Waals surface area contributed by atoms with Gasteiger partial charge in [-0.25, -0.2) is 0 Å². The SMILES string of the molecule is O=c1[nH]c(C2CC3CCC2C3)nc(O)c1Br. The monoisotopic (exact) mass is 284 g/mol. The van der Waals surface area contributed by atoms with Crippen molar-refractivity contribution in [1.82, 2.24) is 9.97 Å². The Morgan fingerprint density at radius 2 is 2.19 bits per heavy atom. The first-order valence-corrected chi connectivity index (χ1v) is 6.43. The first-order chi connectivity index (χ1) is 7.65. The molecule has 1 aromatic heterocycles. The summed E-state index contributed by atoms with van der Waals surface area (Å²) in [6, 6.07) is 0. The molecule has 86 valence electrons. The highest BCUT2D eigenvalue weighted by Crippen LogP contribution is 2.52. The molecule has 3 unspecified atom stereocenters. The number of hydrogen-bond donors (Lipinski definition) is 2. The van der Waals surface area contributed by atoms with Crippen LogP contribution in [0.25, 0.3) is 0 Å². The number of halogens is 1. The van der Waals surface area contributed by atoms with Crippen LogP contribution in [-0.4, -0.2) is 15.1 Å². The van der Waals surface area contributed by atoms with Crippen molar-refractivity contribution < 1.29 is 5.11 Å². The number of aromatic hydroxyl groups is 1. The van der Waals surface area contributed by atoms with E-state index < -0.39 is 0 Å². The smallest absolute Gasteiger partial charge is 0.269 e. The van der Waals surface area contributed by atoms with Crippen LogP contribution in [0.15, 0.2) is 9.27 Å². The summed E-state index contributed by atoms with van der Waals surface area (Å²) in [6.07, 6.45) is 4.91. The van der Waals surface area contributed by atoms with E-state index in [4.69, 9.17) is 0 Å². The average Bonchev–Trinajstić information content (AvgIpc) is 2.86. The minimum atomic E-state index is -0.287. The maximum absolute atomic E-state index is 11.5. The van der Waals surface area contributed by atoms with Gasteiger partial charge in [-0.1, -0.05) is 6.42 Å². The Bertz CT molecular complexity index is 485. The zero-order valence-electron chi connectivity index (χ0n) is 8.74. The van der Waals surface area contributed by atoms with E-state index in [9.17, 15) is 9.90 Å². The fourth-order valence-corrected chi connectivity index (χ4v) is 3.41. The molecule has 16 heavy (non-hydrogen) atoms. The average molecular weight is 285 g/mol. The fraction of sp³-hybridized carbons (Fsp3) is 0.636. The van der Waals surface area contributed by atoms with Gasteiger partial charge in [-0.05, 0) is 47.0 Å². The molecule has 2 fully saturated rings. The van der Waals surface area contributed by atoms with Gasteiger partial charge >= 0.3 is 0 Å². The molecule has 0 radical (unpaired) electrons. The predicted octanol–water partition coefficient (Wildman–Crippen LogP) is 2.14. The van der Waals surface area contributed by atoms with Crippen LogP contribution >= 0.6 is 15.9 Å². The van der Waals surface area contributed by atoms with Gasteiger partial charge in [0.2, 0.25) is 5.88 Å². The molecule has 0 spiro atoms. The highest BCUT2D eigenvalue weighted by molar-refractivity contribution is 9.10. The molecule has 2 saturated carbocycles. The Balaban J connectivity index is 1.99. The predicted molar refractivity (Wildman–Crippen MR) is 62.4 cm³/mol. The fourth-order valence-electron chi connectivity index (χ4n) is 3.22. The van der Waals surface area contributed by atoms with E-state index in [0.717, 1.165) is 12.3 Å². The van der Waals surface area contributed by atoms with E-state index in [-0.39, 0.29) is 15.9 Å². The molecule has 5 heteroatoms. The molecule has 0 amide bonds. The summed E-state index contributed by atoms with van der Waals surface area (Å²) in [7, 11) is 0. The zero-order chi connectivity index (χ0) is 11.3. The van der Waals surface area contributed by atoms with Crippen LogP contribution in [-0.2, 0) is 0 Å². The zero-order valence-corrected chi connectivity index (χ0v) is 10.3. The van der Waals surface area contributed by atoms with Crippen molar-refractivity contribution in [2.75, 3.05) is 0 Å². The van der Waals surface area contributed by atoms with Crippen LogP contribution in [0.4, 0.5) is 0 Å². The van der Waals surface area contributed by atoms with Crippen molar-refractivity contribution >= 4 is 15.9 Å². The van der Waals surface area contributed by atoms with E-state index in [0.29, 0.717) is 17.7 Å². The van der Waals surface area contributed by atoms with Crippen molar-refractivity contribution in [2.24, 2.45) is 11.8 Å². The lowest BCUT2D eigenvalue weighted by molar-refractivity contribution is 0.390. The molecule has 4 nitrogen and oxygen atoms in total. The van der Waals surface area contributed by atoms with Gasteiger partial charge in [0.1, 0.15) is 10.3 Å². The summed E-state index contributed by atoms with van der Waals surface area (Å²) in [5.74, 6) is 2.25. The van der Waals surface area contributed by atoms with Crippen molar-refractivity contribution in [3.05, 3.63) is 20.7 Å². The molecular formula is C11H13BrN2O2. The largest absolute Gasteiger partial charge is 0.492 e. The topological polar surface area (TPSA) is 66.0 Å². The third-order valence-corrected chi connectivity index (χ3v) is 4.67. The summed E-state index contributed by atoms with van der Waals surface area (Å²) < 4.78 is 0.124. The van der Waals surface area contributed by atoms with Crippen LogP contribution in [0.5, 0.6) is 5.88 Å². The van der Waals surface area contributed by atoms with Crippen LogP contribution in [0.2, 0.25) is 0 Å². The van der Waals surface area contributed by atoms with E-state index in [2.05, 4.69) is 25.9 Å². The number of fused-ring (bicyclic) bond motifs is 2. The minimum absolute atomic E-state index is 0.124. The van der Waals surface area contributed by atoms with Crippen LogP contribution < -0.4 is 5.56 Å². The third-order valence-electron chi connectivity index (χ3n) is 3.95. The highest BCUT2D eigenvalue weighted by Gasteiger charge is 2.41. The molecule has 1 aromatic rings. The molecule has 0 saturated heterocycles. The summed E-state index contributed by atoms with van der Waals surface area (Å²) in [5, 5.41) is 9.53. The van der Waals surface area contributed by atoms with E-state index in [1.165, 1.54) is 19.3 Å². The molecule has 3 atom stereocenters. The molecule has 2 aliphatic rings. The lowest BCUT2D eigenvalue weighted by Gasteiger charge is -2.20. The summed E-state index contributed by atoms with van der Waals surface area (Å²) >= 11 is 3.01. The van der Waals surface area contributed by atoms with E-state index >= 15 is 0 Å². The van der Waals surface area contributed by atoms with Crippen molar-refractivity contribution in [1.29, 1.82) is 0 Å². The molecular weight excluding hydrogens is 272 g/mol. The second-order valence-corrected chi connectivity index (χ2v) is 5.66. The molecule has 0 aromatic carbocycles. The van der Waals surface area contributed by atoms with Gasteiger partial charge in [-0.15, -0.1) is 0 Å². The van der Waals surface area contributed by atoms with Crippen molar-refractivity contribution in [3.63, 3.8) is 0 Å². The van der Waals surface area contributed by atoms with Gasteiger partial charge in [0.05, 0.1) is 0 Å². The number of aromatic nitrogens is 2. The maximum atomic E-state index is 11.5. The molecule has 2 N–H and O–H groups in total. The normalized spacial score (nSPS) is 32.2. The van der Waals surface area contributed by atoms with Gasteiger partial charge in [-0.3, -0.25) is 4.79 Å². The standard InChI is InChI=1S/C11H13BrN2O2/c12-8-10(15)13-9(14-11(8)16)7-4-5-1-2-6(7)3-5/h5-7H,1-4H2,(H2,13,14,15,16). The van der Waals surface area contributed by atoms with Crippen LogP contribution in [0, 0.1) is 11.8 Å². The lowest BCUT2D eigenvalue weighted by Crippen LogP contribution is -2.18. The van der Waals surface area contributed by atoms with Gasteiger partial charge in [-0.2, -0.15) is 4.98 Å². The maximum Gasteiger partial charge on any atom is 0.269 e. The third kappa shape index (κ3) is 1.49. The minimum Gasteiger partial charge on any atom is -0.492 e. The van der Waals surface area contributed by atoms with E-state index in [1.807, 2.05) is 0 Å². The second-order valence-electron chi connectivity index (χ2n) is 4.87. The Labute approximate surface area is 101 Å². The Kier molecular flexibility index (Phi) is 2.31. The van der Waals surface area contributed by atoms with Crippen molar-refractivity contribution in [2.45, 2.75) is 31.6 Å². The highest BCUT2D eigenvalue weighted by atomic mass is 79.9. The van der Waals surface area contributed by atoms with Gasteiger partial charge in [0.25, 0.3) is 5.56 Å². The number of H-pyrrole nitrogens is 1. The molecule has 0 aliphatic heterocycles. The molecule has 2 aliphatic carbocycles. The number of nitrogens with one attached hydrogen (secondary N) is 1. The number of hydrogen-bond acceptors (Lipinski definition) is 3. The molecule has 2 bridgehead atoms. The van der Waals surface area contributed by atoms with Crippen molar-refractivity contribution in [3.8, 4) is 5.88 Å². The lowest BCUT2D eigenvalue weighted by atomic mass is 9.88. The number of nitrogens with zero attached hydrogens (tertiary/aromatic N) is 1. The quantitative estimate of drug-likeness (QED) is 0.830.